The van der Waals surface area contributed by atoms with Crippen LogP contribution < -0.4 is 16.4 Å². The molecule has 0 spiro atoms. The molecule has 1 aromatic heterocycles. The maximum Gasteiger partial charge on any atom is 0.255 e. The number of anilines is 1. The Labute approximate surface area is 110 Å². The molecule has 7 heteroatoms. The van der Waals surface area contributed by atoms with Crippen LogP contribution in [0.15, 0.2) is 12.3 Å². The highest BCUT2D eigenvalue weighted by Gasteiger charge is 2.16. The molecule has 104 valence electrons. The van der Waals surface area contributed by atoms with Gasteiger partial charge in [0, 0.05) is 5.54 Å². The van der Waals surface area contributed by atoms with Crippen LogP contribution in [0.25, 0.3) is 0 Å². The summed E-state index contributed by atoms with van der Waals surface area (Å²) in [6, 6.07) is 0.972. The molecule has 0 unspecified atom stereocenters. The standard InChI is InChI=1S/C12H17FN4O2/c1-12(2,3)17-9(18)6-16-11(19)8-4-7(13)5-15-10(8)14/h4-5H,6H2,1-3H3,(H2,14,15)(H,16,19)(H,17,18). The number of pyridine rings is 1. The van der Waals surface area contributed by atoms with E-state index in [0.29, 0.717) is 0 Å². The summed E-state index contributed by atoms with van der Waals surface area (Å²) in [6.07, 6.45) is 0.915. The SMILES string of the molecule is CC(C)(C)NC(=O)CNC(=O)c1cc(F)cnc1N. The molecule has 19 heavy (non-hydrogen) atoms. The fourth-order valence-electron chi connectivity index (χ4n) is 1.35. The molecule has 0 aliphatic rings. The van der Waals surface area contributed by atoms with Crippen molar-refractivity contribution in [1.82, 2.24) is 15.6 Å². The minimum absolute atomic E-state index is 0.0878. The Balaban J connectivity index is 2.61. The third kappa shape index (κ3) is 4.90. The molecule has 0 aromatic carbocycles. The first-order valence-electron chi connectivity index (χ1n) is 5.69. The third-order valence-corrected chi connectivity index (χ3v) is 2.05. The fraction of sp³-hybridized carbons (Fsp3) is 0.417. The van der Waals surface area contributed by atoms with Gasteiger partial charge in [-0.2, -0.15) is 0 Å². The van der Waals surface area contributed by atoms with Crippen molar-refractivity contribution in [3.63, 3.8) is 0 Å². The number of nitrogens with zero attached hydrogens (tertiary/aromatic N) is 1. The molecular formula is C12H17FN4O2. The van der Waals surface area contributed by atoms with Crippen molar-refractivity contribution >= 4 is 17.6 Å². The normalized spacial score (nSPS) is 10.9. The summed E-state index contributed by atoms with van der Waals surface area (Å²) in [5.74, 6) is -1.74. The van der Waals surface area contributed by atoms with Crippen LogP contribution in [0.1, 0.15) is 31.1 Å². The molecule has 1 aromatic rings. The number of carbonyl (C=O) groups excluding carboxylic acids is 2. The number of carbonyl (C=O) groups is 2. The monoisotopic (exact) mass is 268 g/mol. The molecule has 0 saturated heterocycles. The molecule has 2 amide bonds. The first kappa shape index (κ1) is 14.9. The van der Waals surface area contributed by atoms with Crippen molar-refractivity contribution in [2.45, 2.75) is 26.3 Å². The number of amides is 2. The number of halogens is 1. The molecule has 0 fully saturated rings. The lowest BCUT2D eigenvalue weighted by Crippen LogP contribution is -2.45. The second kappa shape index (κ2) is 5.64. The molecule has 1 heterocycles. The lowest BCUT2D eigenvalue weighted by molar-refractivity contribution is -0.121. The first-order valence-corrected chi connectivity index (χ1v) is 5.69. The van der Waals surface area contributed by atoms with E-state index in [9.17, 15) is 14.0 Å². The molecular weight excluding hydrogens is 251 g/mol. The summed E-state index contributed by atoms with van der Waals surface area (Å²) in [6.45, 7) is 5.25. The Kier molecular flexibility index (Phi) is 4.42. The van der Waals surface area contributed by atoms with Crippen LogP contribution in [0.3, 0.4) is 0 Å². The lowest BCUT2D eigenvalue weighted by atomic mass is 10.1. The van der Waals surface area contributed by atoms with Gasteiger partial charge in [-0.05, 0) is 26.8 Å². The van der Waals surface area contributed by atoms with Crippen molar-refractivity contribution in [2.75, 3.05) is 12.3 Å². The van der Waals surface area contributed by atoms with Crippen LogP contribution in [0, 0.1) is 5.82 Å². The molecule has 4 N–H and O–H groups in total. The predicted molar refractivity (Wildman–Crippen MR) is 68.8 cm³/mol. The van der Waals surface area contributed by atoms with Crippen LogP contribution in [-0.4, -0.2) is 28.9 Å². The maximum absolute atomic E-state index is 13.0. The van der Waals surface area contributed by atoms with Crippen LogP contribution in [-0.2, 0) is 4.79 Å². The summed E-state index contributed by atoms with van der Waals surface area (Å²) in [5, 5.41) is 5.03. The van der Waals surface area contributed by atoms with Crippen molar-refractivity contribution in [1.29, 1.82) is 0 Å². The van der Waals surface area contributed by atoms with E-state index in [1.54, 1.807) is 0 Å². The summed E-state index contributed by atoms with van der Waals surface area (Å²) >= 11 is 0. The minimum atomic E-state index is -0.668. The zero-order chi connectivity index (χ0) is 14.6. The van der Waals surface area contributed by atoms with Gasteiger partial charge in [0.25, 0.3) is 5.91 Å². The Hall–Kier alpha value is -2.18. The van der Waals surface area contributed by atoms with E-state index in [4.69, 9.17) is 5.73 Å². The number of nitrogens with two attached hydrogens (primary N) is 1. The van der Waals surface area contributed by atoms with Gasteiger partial charge in [0.2, 0.25) is 5.91 Å². The quantitative estimate of drug-likeness (QED) is 0.741. The van der Waals surface area contributed by atoms with Crippen molar-refractivity contribution in [3.05, 3.63) is 23.6 Å². The zero-order valence-corrected chi connectivity index (χ0v) is 11.1. The van der Waals surface area contributed by atoms with Crippen LogP contribution in [0.5, 0.6) is 0 Å². The zero-order valence-electron chi connectivity index (χ0n) is 11.1. The molecule has 0 radical (unpaired) electrons. The summed E-state index contributed by atoms with van der Waals surface area (Å²) < 4.78 is 13.0. The van der Waals surface area contributed by atoms with Gasteiger partial charge in [-0.15, -0.1) is 0 Å². The van der Waals surface area contributed by atoms with Gasteiger partial charge in [0.1, 0.15) is 11.6 Å². The highest BCUT2D eigenvalue weighted by Crippen LogP contribution is 2.09. The van der Waals surface area contributed by atoms with Gasteiger partial charge >= 0.3 is 0 Å². The second-order valence-electron chi connectivity index (χ2n) is 5.07. The average Bonchev–Trinajstić information content (AvgIpc) is 2.27. The van der Waals surface area contributed by atoms with E-state index in [-0.39, 0.29) is 29.4 Å². The molecule has 0 aliphatic heterocycles. The Bertz CT molecular complexity index is 497. The molecule has 0 saturated carbocycles. The number of nitrogen functional groups attached to an aromatic ring is 1. The first-order chi connectivity index (χ1) is 8.69. The summed E-state index contributed by atoms with van der Waals surface area (Å²) in [4.78, 5) is 26.7. The van der Waals surface area contributed by atoms with Crippen LogP contribution >= 0.6 is 0 Å². The van der Waals surface area contributed by atoms with Gasteiger partial charge in [0.05, 0.1) is 18.3 Å². The van der Waals surface area contributed by atoms with Gasteiger partial charge in [-0.25, -0.2) is 9.37 Å². The largest absolute Gasteiger partial charge is 0.383 e. The highest BCUT2D eigenvalue weighted by atomic mass is 19.1. The Morgan fingerprint density at radius 1 is 1.42 bits per heavy atom. The molecule has 1 rings (SSSR count). The van der Waals surface area contributed by atoms with Crippen molar-refractivity contribution in [2.24, 2.45) is 0 Å². The highest BCUT2D eigenvalue weighted by molar-refractivity contribution is 5.99. The van der Waals surface area contributed by atoms with Gasteiger partial charge in [-0.1, -0.05) is 0 Å². The maximum atomic E-state index is 13.0. The fourth-order valence-corrected chi connectivity index (χ4v) is 1.35. The van der Waals surface area contributed by atoms with Gasteiger partial charge in [-0.3, -0.25) is 9.59 Å². The van der Waals surface area contributed by atoms with E-state index in [0.717, 1.165) is 12.3 Å². The number of rotatable bonds is 3. The molecule has 0 atom stereocenters. The smallest absolute Gasteiger partial charge is 0.255 e. The number of aromatic nitrogens is 1. The van der Waals surface area contributed by atoms with E-state index in [1.165, 1.54) is 0 Å². The summed E-state index contributed by atoms with van der Waals surface area (Å²) in [7, 11) is 0. The Morgan fingerprint density at radius 3 is 2.63 bits per heavy atom. The van der Waals surface area contributed by atoms with Crippen LogP contribution in [0.4, 0.5) is 10.2 Å². The number of hydrogen-bond acceptors (Lipinski definition) is 4. The van der Waals surface area contributed by atoms with E-state index < -0.39 is 11.7 Å². The van der Waals surface area contributed by atoms with E-state index >= 15 is 0 Å². The topological polar surface area (TPSA) is 97.1 Å². The minimum Gasteiger partial charge on any atom is -0.383 e. The average molecular weight is 268 g/mol. The van der Waals surface area contributed by atoms with Gasteiger partial charge < -0.3 is 16.4 Å². The van der Waals surface area contributed by atoms with E-state index in [2.05, 4.69) is 15.6 Å². The van der Waals surface area contributed by atoms with Crippen molar-refractivity contribution < 1.29 is 14.0 Å². The molecule has 0 aliphatic carbocycles. The Morgan fingerprint density at radius 2 is 2.05 bits per heavy atom. The van der Waals surface area contributed by atoms with E-state index in [1.807, 2.05) is 20.8 Å². The molecule has 6 nitrogen and oxygen atoms in total. The summed E-state index contributed by atoms with van der Waals surface area (Å²) in [5.41, 5.74) is 4.98. The van der Waals surface area contributed by atoms with Gasteiger partial charge in [0.15, 0.2) is 0 Å². The predicted octanol–water partition coefficient (Wildman–Crippen LogP) is 0.447. The third-order valence-electron chi connectivity index (χ3n) is 2.05. The number of hydrogen-bond donors (Lipinski definition) is 3. The van der Waals surface area contributed by atoms with Crippen LogP contribution in [0.2, 0.25) is 0 Å². The van der Waals surface area contributed by atoms with Crippen molar-refractivity contribution in [3.8, 4) is 0 Å². The lowest BCUT2D eigenvalue weighted by Gasteiger charge is -2.20. The second-order valence-corrected chi connectivity index (χ2v) is 5.07. The molecule has 0 bridgehead atoms. The number of nitrogens with one attached hydrogen (secondary N) is 2.